The van der Waals surface area contributed by atoms with Crippen LogP contribution in [0, 0.1) is 17.1 Å². The van der Waals surface area contributed by atoms with Crippen LogP contribution < -0.4 is 15.9 Å². The van der Waals surface area contributed by atoms with Gasteiger partial charge < -0.3 is 20.0 Å². The van der Waals surface area contributed by atoms with Gasteiger partial charge in [0.25, 0.3) is 0 Å². The van der Waals surface area contributed by atoms with Gasteiger partial charge in [-0.25, -0.2) is 4.39 Å². The number of phenolic OH excluding ortho intramolecular Hbond substituents is 1. The van der Waals surface area contributed by atoms with E-state index in [1.54, 1.807) is 18.2 Å². The molecule has 1 aliphatic rings. The molecule has 1 unspecified atom stereocenters. The summed E-state index contributed by atoms with van der Waals surface area (Å²) in [6, 6.07) is 19.4. The summed E-state index contributed by atoms with van der Waals surface area (Å²) < 4.78 is 25.5. The summed E-state index contributed by atoms with van der Waals surface area (Å²) in [6.45, 7) is 0. The van der Waals surface area contributed by atoms with Crippen LogP contribution in [0.4, 0.5) is 4.39 Å². The van der Waals surface area contributed by atoms with Gasteiger partial charge in [-0.2, -0.15) is 5.26 Å². The van der Waals surface area contributed by atoms with E-state index in [-0.39, 0.29) is 33.7 Å². The first-order chi connectivity index (χ1) is 15.5. The molecule has 0 amide bonds. The number of nitriles is 1. The van der Waals surface area contributed by atoms with Crippen molar-refractivity contribution in [3.63, 3.8) is 0 Å². The molecule has 0 fully saturated rings. The fourth-order valence-electron chi connectivity index (χ4n) is 4.00. The van der Waals surface area contributed by atoms with Crippen LogP contribution in [0.1, 0.15) is 17.0 Å². The number of phenols is 1. The zero-order chi connectivity index (χ0) is 22.4. The normalized spacial score (nSPS) is 15.2. The second kappa shape index (κ2) is 7.29. The summed E-state index contributed by atoms with van der Waals surface area (Å²) in [5.41, 5.74) is 6.83. The van der Waals surface area contributed by atoms with Crippen molar-refractivity contribution in [2.75, 3.05) is 0 Å². The number of ether oxygens (including phenoxy) is 1. The highest BCUT2D eigenvalue weighted by molar-refractivity contribution is 5.89. The topological polar surface area (TPSA) is 109 Å². The first kappa shape index (κ1) is 19.4. The summed E-state index contributed by atoms with van der Waals surface area (Å²) in [4.78, 5) is 13.0. The number of aromatic hydroxyl groups is 1. The lowest BCUT2D eigenvalue weighted by molar-refractivity contribution is 0.383. The minimum atomic E-state index is -0.919. The van der Waals surface area contributed by atoms with Crippen molar-refractivity contribution in [2.45, 2.75) is 5.92 Å². The standard InChI is InChI=1S/C25H15FN2O4/c26-15-8-4-7-14(9-15)21-16(12-27)25(28)32-20-11-19-22(24(30)23(20)21)17(29)10-18(31-19)13-5-2-1-3-6-13/h1-11,21,30H,28H2. The molecule has 1 aromatic heterocycles. The summed E-state index contributed by atoms with van der Waals surface area (Å²) in [6.07, 6.45) is 0. The molecule has 32 heavy (non-hydrogen) atoms. The van der Waals surface area contributed by atoms with Gasteiger partial charge in [0, 0.05) is 17.7 Å². The second-order valence-electron chi connectivity index (χ2n) is 7.33. The SMILES string of the molecule is N#CC1=C(N)Oc2cc3oc(-c4ccccc4)cc(=O)c3c(O)c2C1c1cccc(F)c1. The first-order valence-corrected chi connectivity index (χ1v) is 9.70. The quantitative estimate of drug-likeness (QED) is 0.488. The van der Waals surface area contributed by atoms with Crippen molar-refractivity contribution in [2.24, 2.45) is 5.73 Å². The molecule has 1 aliphatic heterocycles. The molecule has 3 aromatic carbocycles. The molecule has 0 radical (unpaired) electrons. The molecule has 0 aliphatic carbocycles. The zero-order valence-corrected chi connectivity index (χ0v) is 16.5. The Balaban J connectivity index is 1.80. The van der Waals surface area contributed by atoms with Crippen LogP contribution in [-0.2, 0) is 0 Å². The number of hydrogen-bond donors (Lipinski definition) is 2. The molecular formula is C25H15FN2O4. The van der Waals surface area contributed by atoms with Crippen molar-refractivity contribution in [1.29, 1.82) is 5.26 Å². The molecule has 6 nitrogen and oxygen atoms in total. The fraction of sp³-hybridized carbons (Fsp3) is 0.0400. The molecule has 156 valence electrons. The number of allylic oxidation sites excluding steroid dienone is 1. The number of fused-ring (bicyclic) bond motifs is 2. The van der Waals surface area contributed by atoms with E-state index in [1.165, 1.54) is 30.3 Å². The number of benzene rings is 3. The Kier molecular flexibility index (Phi) is 4.42. The zero-order valence-electron chi connectivity index (χ0n) is 16.5. The Bertz CT molecular complexity index is 1520. The van der Waals surface area contributed by atoms with Crippen molar-refractivity contribution in [1.82, 2.24) is 0 Å². The van der Waals surface area contributed by atoms with Gasteiger partial charge in [0.05, 0.1) is 11.5 Å². The van der Waals surface area contributed by atoms with Crippen LogP contribution in [0.5, 0.6) is 11.5 Å². The minimum Gasteiger partial charge on any atom is -0.507 e. The fourth-order valence-corrected chi connectivity index (χ4v) is 4.00. The third-order valence-electron chi connectivity index (χ3n) is 5.42. The van der Waals surface area contributed by atoms with Crippen LogP contribution in [0.2, 0.25) is 0 Å². The maximum absolute atomic E-state index is 14.0. The van der Waals surface area contributed by atoms with Gasteiger partial charge in [0.15, 0.2) is 5.43 Å². The molecule has 0 saturated carbocycles. The Labute approximate surface area is 181 Å². The van der Waals surface area contributed by atoms with Gasteiger partial charge in [-0.15, -0.1) is 0 Å². The van der Waals surface area contributed by atoms with Crippen molar-refractivity contribution < 1.29 is 18.7 Å². The van der Waals surface area contributed by atoms with Gasteiger partial charge in [0.2, 0.25) is 5.88 Å². The molecule has 1 atom stereocenters. The highest BCUT2D eigenvalue weighted by atomic mass is 19.1. The van der Waals surface area contributed by atoms with E-state index in [2.05, 4.69) is 0 Å². The molecule has 2 heterocycles. The molecule has 0 bridgehead atoms. The third kappa shape index (κ3) is 2.97. The Morgan fingerprint density at radius 1 is 1.06 bits per heavy atom. The Morgan fingerprint density at radius 2 is 1.84 bits per heavy atom. The van der Waals surface area contributed by atoms with E-state index in [9.17, 15) is 19.6 Å². The van der Waals surface area contributed by atoms with Gasteiger partial charge in [-0.1, -0.05) is 42.5 Å². The largest absolute Gasteiger partial charge is 0.507 e. The van der Waals surface area contributed by atoms with Gasteiger partial charge in [-0.3, -0.25) is 4.79 Å². The smallest absolute Gasteiger partial charge is 0.205 e. The van der Waals surface area contributed by atoms with Gasteiger partial charge >= 0.3 is 0 Å². The third-order valence-corrected chi connectivity index (χ3v) is 5.42. The molecule has 3 N–H and O–H groups in total. The Morgan fingerprint density at radius 3 is 2.56 bits per heavy atom. The van der Waals surface area contributed by atoms with Crippen LogP contribution in [0.15, 0.2) is 87.4 Å². The average molecular weight is 426 g/mol. The highest BCUT2D eigenvalue weighted by Gasteiger charge is 2.35. The molecule has 7 heteroatoms. The van der Waals surface area contributed by atoms with Gasteiger partial charge in [0.1, 0.15) is 45.7 Å². The lowest BCUT2D eigenvalue weighted by Gasteiger charge is -2.27. The monoisotopic (exact) mass is 426 g/mol. The number of rotatable bonds is 2. The average Bonchev–Trinajstić information content (AvgIpc) is 2.78. The number of hydrogen-bond acceptors (Lipinski definition) is 6. The van der Waals surface area contributed by atoms with Crippen molar-refractivity contribution in [3.8, 4) is 28.9 Å². The number of halogens is 1. The minimum absolute atomic E-state index is 0.00282. The molecular weight excluding hydrogens is 411 g/mol. The summed E-state index contributed by atoms with van der Waals surface area (Å²) in [5.74, 6) is -1.57. The van der Waals surface area contributed by atoms with Crippen molar-refractivity contribution in [3.05, 3.63) is 105 Å². The Hall–Kier alpha value is -4.57. The predicted molar refractivity (Wildman–Crippen MR) is 115 cm³/mol. The lowest BCUT2D eigenvalue weighted by Crippen LogP contribution is -2.21. The van der Waals surface area contributed by atoms with E-state index >= 15 is 0 Å². The van der Waals surface area contributed by atoms with E-state index in [0.717, 1.165) is 0 Å². The molecule has 0 spiro atoms. The van der Waals surface area contributed by atoms with Crippen LogP contribution in [-0.4, -0.2) is 5.11 Å². The van der Waals surface area contributed by atoms with Crippen LogP contribution in [0.25, 0.3) is 22.3 Å². The van der Waals surface area contributed by atoms with E-state index in [1.807, 2.05) is 24.3 Å². The number of nitrogens with two attached hydrogens (primary N) is 1. The van der Waals surface area contributed by atoms with E-state index in [0.29, 0.717) is 16.9 Å². The van der Waals surface area contributed by atoms with Crippen molar-refractivity contribution >= 4 is 11.0 Å². The van der Waals surface area contributed by atoms with E-state index < -0.39 is 22.9 Å². The number of nitrogens with zero attached hydrogens (tertiary/aromatic N) is 1. The molecule has 4 aromatic rings. The maximum atomic E-state index is 14.0. The maximum Gasteiger partial charge on any atom is 0.205 e. The second-order valence-corrected chi connectivity index (χ2v) is 7.33. The summed E-state index contributed by atoms with van der Waals surface area (Å²) in [5, 5.41) is 20.8. The molecule has 5 rings (SSSR count). The predicted octanol–water partition coefficient (Wildman–Crippen LogP) is 4.52. The van der Waals surface area contributed by atoms with E-state index in [4.69, 9.17) is 14.9 Å². The van der Waals surface area contributed by atoms with Crippen LogP contribution >= 0.6 is 0 Å². The van der Waals surface area contributed by atoms with Crippen LogP contribution in [0.3, 0.4) is 0 Å². The lowest BCUT2D eigenvalue weighted by atomic mass is 9.82. The summed E-state index contributed by atoms with van der Waals surface area (Å²) >= 11 is 0. The molecule has 0 saturated heterocycles. The highest BCUT2D eigenvalue weighted by Crippen LogP contribution is 2.49. The van der Waals surface area contributed by atoms with Gasteiger partial charge in [-0.05, 0) is 17.7 Å². The first-order valence-electron chi connectivity index (χ1n) is 9.70. The summed E-state index contributed by atoms with van der Waals surface area (Å²) in [7, 11) is 0.